The number of rotatable bonds is 3. The minimum atomic E-state index is 0.0762. The third-order valence-electron chi connectivity index (χ3n) is 3.59. The molecule has 0 spiro atoms. The lowest BCUT2D eigenvalue weighted by atomic mass is 10.1. The molecule has 0 aliphatic carbocycles. The van der Waals surface area contributed by atoms with E-state index >= 15 is 0 Å². The van der Waals surface area contributed by atoms with Crippen LogP contribution in [-0.4, -0.2) is 41.9 Å². The van der Waals surface area contributed by atoms with Gasteiger partial charge in [-0.15, -0.1) is 0 Å². The Morgan fingerprint density at radius 3 is 2.40 bits per heavy atom. The van der Waals surface area contributed by atoms with Gasteiger partial charge in [0.2, 0.25) is 5.91 Å². The monoisotopic (exact) mass is 314 g/mol. The van der Waals surface area contributed by atoms with E-state index in [1.165, 1.54) is 0 Å². The molecule has 0 aromatic heterocycles. The summed E-state index contributed by atoms with van der Waals surface area (Å²) in [7, 11) is 0. The number of hydrogen-bond donors (Lipinski definition) is 0. The Labute approximate surface area is 130 Å². The maximum Gasteiger partial charge on any atom is 0.225 e. The van der Waals surface area contributed by atoms with Crippen molar-refractivity contribution in [1.29, 1.82) is 0 Å². The van der Waals surface area contributed by atoms with Gasteiger partial charge in [0, 0.05) is 48.7 Å². The number of halogens is 2. The summed E-state index contributed by atoms with van der Waals surface area (Å²) in [6.07, 6.45) is 0. The highest BCUT2D eigenvalue weighted by atomic mass is 35.5. The first-order valence-corrected chi connectivity index (χ1v) is 7.68. The topological polar surface area (TPSA) is 23.6 Å². The fraction of sp³-hybridized carbons (Fsp3) is 0.533. The second-order valence-electron chi connectivity index (χ2n) is 5.49. The lowest BCUT2D eigenvalue weighted by molar-refractivity contribution is -0.136. The molecule has 1 aliphatic rings. The van der Waals surface area contributed by atoms with Crippen LogP contribution in [0.5, 0.6) is 0 Å². The average molecular weight is 315 g/mol. The Bertz CT molecular complexity index is 483. The SMILES string of the molecule is CC(C)C(=O)N1CCN(Cc2ccc(Cl)cc2Cl)CC1. The number of carbonyl (C=O) groups excluding carboxylic acids is 1. The molecule has 0 bridgehead atoms. The van der Waals surface area contributed by atoms with Crippen molar-refractivity contribution in [2.75, 3.05) is 26.2 Å². The maximum atomic E-state index is 11.9. The molecular formula is C15H20Cl2N2O. The summed E-state index contributed by atoms with van der Waals surface area (Å²) in [6, 6.07) is 5.61. The maximum absolute atomic E-state index is 11.9. The molecule has 110 valence electrons. The van der Waals surface area contributed by atoms with Gasteiger partial charge in [0.15, 0.2) is 0 Å². The van der Waals surface area contributed by atoms with Gasteiger partial charge in [-0.25, -0.2) is 0 Å². The molecule has 3 nitrogen and oxygen atoms in total. The molecule has 1 fully saturated rings. The zero-order chi connectivity index (χ0) is 14.7. The van der Waals surface area contributed by atoms with Gasteiger partial charge in [-0.1, -0.05) is 43.1 Å². The van der Waals surface area contributed by atoms with Crippen molar-refractivity contribution in [3.8, 4) is 0 Å². The molecule has 5 heteroatoms. The molecule has 1 aromatic carbocycles. The summed E-state index contributed by atoms with van der Waals surface area (Å²) < 4.78 is 0. The van der Waals surface area contributed by atoms with Crippen LogP contribution in [-0.2, 0) is 11.3 Å². The van der Waals surface area contributed by atoms with Crippen molar-refractivity contribution in [3.63, 3.8) is 0 Å². The highest BCUT2D eigenvalue weighted by Crippen LogP contribution is 2.22. The van der Waals surface area contributed by atoms with Crippen molar-refractivity contribution >= 4 is 29.1 Å². The van der Waals surface area contributed by atoms with Crippen LogP contribution >= 0.6 is 23.2 Å². The number of nitrogens with zero attached hydrogens (tertiary/aromatic N) is 2. The van der Waals surface area contributed by atoms with Crippen molar-refractivity contribution in [3.05, 3.63) is 33.8 Å². The highest BCUT2D eigenvalue weighted by molar-refractivity contribution is 6.35. The number of amides is 1. The predicted octanol–water partition coefficient (Wildman–Crippen LogP) is 3.29. The largest absolute Gasteiger partial charge is 0.340 e. The van der Waals surface area contributed by atoms with Gasteiger partial charge in [-0.2, -0.15) is 0 Å². The van der Waals surface area contributed by atoms with Crippen molar-refractivity contribution in [2.24, 2.45) is 5.92 Å². The van der Waals surface area contributed by atoms with Crippen LogP contribution in [0.4, 0.5) is 0 Å². The van der Waals surface area contributed by atoms with E-state index in [0.29, 0.717) is 10.0 Å². The summed E-state index contributed by atoms with van der Waals surface area (Å²) in [6.45, 7) is 8.06. The van der Waals surface area contributed by atoms with E-state index in [-0.39, 0.29) is 11.8 Å². The van der Waals surface area contributed by atoms with Crippen molar-refractivity contribution in [1.82, 2.24) is 9.80 Å². The lowest BCUT2D eigenvalue weighted by Gasteiger charge is -2.35. The Hall–Kier alpha value is -0.770. The van der Waals surface area contributed by atoms with Gasteiger partial charge in [-0.05, 0) is 17.7 Å². The Kier molecular flexibility index (Phi) is 5.30. The van der Waals surface area contributed by atoms with Gasteiger partial charge in [0.1, 0.15) is 0 Å². The second-order valence-corrected chi connectivity index (χ2v) is 6.34. The summed E-state index contributed by atoms with van der Waals surface area (Å²) in [5, 5.41) is 1.37. The summed E-state index contributed by atoms with van der Waals surface area (Å²) in [4.78, 5) is 16.2. The van der Waals surface area contributed by atoms with E-state index in [2.05, 4.69) is 4.90 Å². The molecule has 0 radical (unpaired) electrons. The smallest absolute Gasteiger partial charge is 0.225 e. The van der Waals surface area contributed by atoms with Crippen LogP contribution in [0.15, 0.2) is 18.2 Å². The molecule has 0 atom stereocenters. The molecule has 20 heavy (non-hydrogen) atoms. The Morgan fingerprint density at radius 1 is 1.20 bits per heavy atom. The normalized spacial score (nSPS) is 16.8. The molecule has 1 aromatic rings. The first-order chi connectivity index (χ1) is 9.47. The first kappa shape index (κ1) is 15.6. The summed E-state index contributed by atoms with van der Waals surface area (Å²) >= 11 is 12.1. The molecule has 1 aliphatic heterocycles. The minimum Gasteiger partial charge on any atom is -0.340 e. The molecule has 1 heterocycles. The standard InChI is InChI=1S/C15H20Cl2N2O/c1-11(2)15(20)19-7-5-18(6-8-19)10-12-3-4-13(16)9-14(12)17/h3-4,9,11H,5-8,10H2,1-2H3. The molecule has 2 rings (SSSR count). The van der Waals surface area contributed by atoms with Crippen LogP contribution in [0, 0.1) is 5.92 Å². The molecule has 0 unspecified atom stereocenters. The predicted molar refractivity (Wildman–Crippen MR) is 83.2 cm³/mol. The van der Waals surface area contributed by atoms with Gasteiger partial charge in [-0.3, -0.25) is 9.69 Å². The van der Waals surface area contributed by atoms with E-state index in [1.807, 2.05) is 30.9 Å². The van der Waals surface area contributed by atoms with Crippen molar-refractivity contribution in [2.45, 2.75) is 20.4 Å². The molecular weight excluding hydrogens is 295 g/mol. The Morgan fingerprint density at radius 2 is 1.85 bits per heavy atom. The van der Waals surface area contributed by atoms with Crippen LogP contribution in [0.2, 0.25) is 10.0 Å². The molecule has 1 amide bonds. The van der Waals surface area contributed by atoms with E-state index < -0.39 is 0 Å². The lowest BCUT2D eigenvalue weighted by Crippen LogP contribution is -2.49. The average Bonchev–Trinajstić information content (AvgIpc) is 2.42. The minimum absolute atomic E-state index is 0.0762. The number of benzene rings is 1. The Balaban J connectivity index is 1.90. The van der Waals surface area contributed by atoms with E-state index in [1.54, 1.807) is 6.07 Å². The van der Waals surface area contributed by atoms with Gasteiger partial charge in [0.25, 0.3) is 0 Å². The quantitative estimate of drug-likeness (QED) is 0.854. The number of carbonyl (C=O) groups is 1. The fourth-order valence-electron chi connectivity index (χ4n) is 2.38. The van der Waals surface area contributed by atoms with E-state index in [9.17, 15) is 4.79 Å². The summed E-state index contributed by atoms with van der Waals surface area (Å²) in [5.41, 5.74) is 1.08. The third kappa shape index (κ3) is 3.87. The molecule has 0 saturated carbocycles. The van der Waals surface area contributed by atoms with Crippen LogP contribution in [0.1, 0.15) is 19.4 Å². The van der Waals surface area contributed by atoms with Crippen LogP contribution < -0.4 is 0 Å². The fourth-order valence-corrected chi connectivity index (χ4v) is 2.85. The van der Waals surface area contributed by atoms with Crippen molar-refractivity contribution < 1.29 is 4.79 Å². The first-order valence-electron chi connectivity index (χ1n) is 6.92. The summed E-state index contributed by atoms with van der Waals surface area (Å²) in [5.74, 6) is 0.321. The highest BCUT2D eigenvalue weighted by Gasteiger charge is 2.23. The van der Waals surface area contributed by atoms with Crippen LogP contribution in [0.25, 0.3) is 0 Å². The number of piperazine rings is 1. The van der Waals surface area contributed by atoms with E-state index in [0.717, 1.165) is 38.3 Å². The zero-order valence-corrected chi connectivity index (χ0v) is 13.4. The molecule has 0 N–H and O–H groups in total. The number of hydrogen-bond acceptors (Lipinski definition) is 2. The zero-order valence-electron chi connectivity index (χ0n) is 11.9. The van der Waals surface area contributed by atoms with Gasteiger partial charge >= 0.3 is 0 Å². The van der Waals surface area contributed by atoms with Gasteiger partial charge in [0.05, 0.1) is 0 Å². The van der Waals surface area contributed by atoms with Crippen LogP contribution in [0.3, 0.4) is 0 Å². The van der Waals surface area contributed by atoms with E-state index in [4.69, 9.17) is 23.2 Å². The second kappa shape index (κ2) is 6.79. The molecule has 1 saturated heterocycles. The third-order valence-corrected chi connectivity index (χ3v) is 4.17. The van der Waals surface area contributed by atoms with Gasteiger partial charge < -0.3 is 4.90 Å².